The van der Waals surface area contributed by atoms with Gasteiger partial charge in [-0.2, -0.15) is 0 Å². The highest BCUT2D eigenvalue weighted by molar-refractivity contribution is 6.33. The van der Waals surface area contributed by atoms with Crippen LogP contribution < -0.4 is 0 Å². The van der Waals surface area contributed by atoms with Crippen LogP contribution in [0.4, 0.5) is 0 Å². The van der Waals surface area contributed by atoms with Crippen molar-refractivity contribution in [3.05, 3.63) is 99.7 Å². The summed E-state index contributed by atoms with van der Waals surface area (Å²) in [5.74, 6) is -0.801. The minimum absolute atomic E-state index is 0.0256. The van der Waals surface area contributed by atoms with Crippen LogP contribution in [-0.4, -0.2) is 31.7 Å². The van der Waals surface area contributed by atoms with Crippen molar-refractivity contribution in [2.45, 2.75) is 6.54 Å². The number of amides is 2. The first-order chi connectivity index (χ1) is 15.0. The molecule has 0 bridgehead atoms. The molecule has 0 aliphatic carbocycles. The van der Waals surface area contributed by atoms with Gasteiger partial charge in [-0.1, -0.05) is 64.8 Å². The summed E-state index contributed by atoms with van der Waals surface area (Å²) >= 11 is 12.3. The number of fused-ring (bicyclic) bond motifs is 1. The highest BCUT2D eigenvalue weighted by Crippen LogP contribution is 2.31. The van der Waals surface area contributed by atoms with Gasteiger partial charge in [0.2, 0.25) is 0 Å². The number of carbonyl (C=O) groups excluding carboxylic acids is 2. The first-order valence-corrected chi connectivity index (χ1v) is 10.2. The first-order valence-electron chi connectivity index (χ1n) is 9.44. The molecule has 0 saturated heterocycles. The maximum Gasteiger partial charge on any atom is 0.264 e. The van der Waals surface area contributed by atoms with E-state index in [-0.39, 0.29) is 18.0 Å². The second-order valence-corrected chi connectivity index (χ2v) is 7.89. The van der Waals surface area contributed by atoms with E-state index in [1.807, 2.05) is 30.3 Å². The molecule has 2 amide bonds. The fourth-order valence-electron chi connectivity index (χ4n) is 3.61. The molecular formula is C23H14Cl2N4O2. The molecule has 0 saturated carbocycles. The van der Waals surface area contributed by atoms with Crippen molar-refractivity contribution in [2.75, 3.05) is 0 Å². The third-order valence-corrected chi connectivity index (χ3v) is 5.73. The molecule has 1 aromatic heterocycles. The Bertz CT molecular complexity index is 1330. The molecule has 0 N–H and O–H groups in total. The van der Waals surface area contributed by atoms with E-state index in [2.05, 4.69) is 10.3 Å². The Hall–Kier alpha value is -3.48. The standard InChI is InChI=1S/C23H14Cl2N4O2/c24-16-9-10-18(25)15(11-16)12-28-22(30)17-7-4-8-20(21(17)23(28)31)29-13-19(26-27-29)14-5-2-1-3-6-14/h1-11,13H,12H2. The van der Waals surface area contributed by atoms with Crippen LogP contribution in [-0.2, 0) is 6.54 Å². The Balaban J connectivity index is 1.52. The molecule has 5 rings (SSSR count). The first kappa shape index (κ1) is 19.5. The van der Waals surface area contributed by atoms with Crippen molar-refractivity contribution >= 4 is 35.0 Å². The second kappa shape index (κ2) is 7.65. The highest BCUT2D eigenvalue weighted by Gasteiger charge is 2.38. The quantitative estimate of drug-likeness (QED) is 0.410. The normalized spacial score (nSPS) is 13.0. The molecule has 1 aliphatic heterocycles. The fraction of sp³-hybridized carbons (Fsp3) is 0.0435. The summed E-state index contributed by atoms with van der Waals surface area (Å²) in [5, 5.41) is 9.31. The van der Waals surface area contributed by atoms with Crippen molar-refractivity contribution in [3.63, 3.8) is 0 Å². The van der Waals surface area contributed by atoms with Crippen LogP contribution in [0.15, 0.2) is 72.9 Å². The molecule has 0 atom stereocenters. The third-order valence-electron chi connectivity index (χ3n) is 5.12. The fourth-order valence-corrected chi connectivity index (χ4v) is 3.98. The van der Waals surface area contributed by atoms with Crippen molar-refractivity contribution < 1.29 is 9.59 Å². The van der Waals surface area contributed by atoms with Crippen LogP contribution in [0, 0.1) is 0 Å². The Kier molecular flexibility index (Phi) is 4.81. The molecule has 4 aromatic rings. The Morgan fingerprint density at radius 3 is 2.48 bits per heavy atom. The molecule has 3 aromatic carbocycles. The van der Waals surface area contributed by atoms with E-state index in [4.69, 9.17) is 23.2 Å². The number of hydrogen-bond acceptors (Lipinski definition) is 4. The maximum absolute atomic E-state index is 13.2. The Labute approximate surface area is 187 Å². The summed E-state index contributed by atoms with van der Waals surface area (Å²) in [4.78, 5) is 27.4. The smallest absolute Gasteiger partial charge is 0.264 e. The van der Waals surface area contributed by atoms with Gasteiger partial charge in [0.25, 0.3) is 11.8 Å². The summed E-state index contributed by atoms with van der Waals surface area (Å²) in [5.41, 5.74) is 3.26. The van der Waals surface area contributed by atoms with Crippen LogP contribution >= 0.6 is 23.2 Å². The zero-order valence-electron chi connectivity index (χ0n) is 16.0. The van der Waals surface area contributed by atoms with E-state index in [0.717, 1.165) is 5.56 Å². The van der Waals surface area contributed by atoms with Crippen LogP contribution in [0.2, 0.25) is 10.0 Å². The lowest BCUT2D eigenvalue weighted by Gasteiger charge is -2.15. The van der Waals surface area contributed by atoms with E-state index < -0.39 is 5.91 Å². The largest absolute Gasteiger partial charge is 0.270 e. The lowest BCUT2D eigenvalue weighted by molar-refractivity contribution is 0.0642. The van der Waals surface area contributed by atoms with Gasteiger partial charge < -0.3 is 0 Å². The van der Waals surface area contributed by atoms with Crippen LogP contribution in [0.3, 0.4) is 0 Å². The van der Waals surface area contributed by atoms with Gasteiger partial charge in [0.05, 0.1) is 29.6 Å². The Morgan fingerprint density at radius 1 is 0.871 bits per heavy atom. The van der Waals surface area contributed by atoms with Gasteiger partial charge in [0, 0.05) is 15.6 Å². The van der Waals surface area contributed by atoms with Crippen LogP contribution in [0.25, 0.3) is 16.9 Å². The van der Waals surface area contributed by atoms with Gasteiger partial charge in [0.1, 0.15) is 5.69 Å². The number of nitrogens with zero attached hydrogens (tertiary/aromatic N) is 4. The predicted molar refractivity (Wildman–Crippen MR) is 117 cm³/mol. The number of imide groups is 1. The second-order valence-electron chi connectivity index (χ2n) is 7.05. The zero-order valence-corrected chi connectivity index (χ0v) is 17.5. The summed E-state index contributed by atoms with van der Waals surface area (Å²) < 4.78 is 1.52. The molecular weight excluding hydrogens is 435 g/mol. The predicted octanol–water partition coefficient (Wildman–Crippen LogP) is 5.04. The van der Waals surface area contributed by atoms with Crippen molar-refractivity contribution in [1.82, 2.24) is 19.9 Å². The van der Waals surface area contributed by atoms with Gasteiger partial charge in [-0.05, 0) is 35.9 Å². The number of rotatable bonds is 4. The number of carbonyl (C=O) groups is 2. The summed E-state index contributed by atoms with van der Waals surface area (Å²) in [6, 6.07) is 19.6. The average Bonchev–Trinajstić information content (AvgIpc) is 3.37. The third kappa shape index (κ3) is 3.40. The van der Waals surface area contributed by atoms with Gasteiger partial charge in [-0.15, -0.1) is 5.10 Å². The lowest BCUT2D eigenvalue weighted by atomic mass is 10.1. The number of aromatic nitrogens is 3. The highest BCUT2D eigenvalue weighted by atomic mass is 35.5. The average molecular weight is 449 g/mol. The van der Waals surface area contributed by atoms with E-state index in [1.165, 1.54) is 9.58 Å². The molecule has 2 heterocycles. The molecule has 152 valence electrons. The number of hydrogen-bond donors (Lipinski definition) is 0. The van der Waals surface area contributed by atoms with Gasteiger partial charge in [0.15, 0.2) is 0 Å². The summed E-state index contributed by atoms with van der Waals surface area (Å²) in [7, 11) is 0. The topological polar surface area (TPSA) is 68.1 Å². The Morgan fingerprint density at radius 2 is 1.68 bits per heavy atom. The zero-order chi connectivity index (χ0) is 21.5. The van der Waals surface area contributed by atoms with Gasteiger partial charge >= 0.3 is 0 Å². The minimum atomic E-state index is -0.414. The van der Waals surface area contributed by atoms with E-state index in [1.54, 1.807) is 42.6 Å². The molecule has 0 spiro atoms. The SMILES string of the molecule is O=C1c2cccc(-n3cc(-c4ccccc4)nn3)c2C(=O)N1Cc1cc(Cl)ccc1Cl. The molecule has 0 unspecified atom stereocenters. The lowest BCUT2D eigenvalue weighted by Crippen LogP contribution is -2.29. The summed E-state index contributed by atoms with van der Waals surface area (Å²) in [6.07, 6.45) is 1.74. The van der Waals surface area contributed by atoms with Crippen LogP contribution in [0.5, 0.6) is 0 Å². The van der Waals surface area contributed by atoms with E-state index in [9.17, 15) is 9.59 Å². The van der Waals surface area contributed by atoms with Crippen molar-refractivity contribution in [3.8, 4) is 16.9 Å². The molecule has 0 fully saturated rings. The van der Waals surface area contributed by atoms with E-state index in [0.29, 0.717) is 32.6 Å². The van der Waals surface area contributed by atoms with Crippen molar-refractivity contribution in [2.24, 2.45) is 0 Å². The number of benzene rings is 3. The maximum atomic E-state index is 13.2. The van der Waals surface area contributed by atoms with Crippen LogP contribution in [0.1, 0.15) is 26.3 Å². The molecule has 8 heteroatoms. The number of halogens is 2. The van der Waals surface area contributed by atoms with Crippen molar-refractivity contribution in [1.29, 1.82) is 0 Å². The molecule has 0 radical (unpaired) electrons. The van der Waals surface area contributed by atoms with E-state index >= 15 is 0 Å². The van der Waals surface area contributed by atoms with Gasteiger partial charge in [-0.25, -0.2) is 4.68 Å². The molecule has 6 nitrogen and oxygen atoms in total. The summed E-state index contributed by atoms with van der Waals surface area (Å²) in [6.45, 7) is 0.0256. The molecule has 1 aliphatic rings. The monoisotopic (exact) mass is 448 g/mol. The van der Waals surface area contributed by atoms with Gasteiger partial charge in [-0.3, -0.25) is 14.5 Å². The molecule has 31 heavy (non-hydrogen) atoms. The minimum Gasteiger partial charge on any atom is -0.270 e.